The Morgan fingerprint density at radius 3 is 2.60 bits per heavy atom. The molecule has 1 aromatic carbocycles. The highest BCUT2D eigenvalue weighted by molar-refractivity contribution is 7.13. The first-order valence-electron chi connectivity index (χ1n) is 7.89. The molecule has 7 nitrogen and oxygen atoms in total. The van der Waals surface area contributed by atoms with E-state index in [-0.39, 0.29) is 23.6 Å². The molecule has 0 aliphatic carbocycles. The third kappa shape index (κ3) is 3.74. The second-order valence-corrected chi connectivity index (χ2v) is 6.81. The van der Waals surface area contributed by atoms with Crippen LogP contribution in [0.2, 0.25) is 0 Å². The van der Waals surface area contributed by atoms with Gasteiger partial charge in [0.05, 0.1) is 13.2 Å². The number of benzene rings is 1. The SMILES string of the molecule is COc1ccc(C2CN(c3nc(C(N)=O)cs3)CC2NC(C)=O)cc1. The maximum absolute atomic E-state index is 11.6. The maximum atomic E-state index is 11.6. The zero-order chi connectivity index (χ0) is 18.0. The van der Waals surface area contributed by atoms with Crippen LogP contribution in [0.4, 0.5) is 5.13 Å². The fraction of sp³-hybridized carbons (Fsp3) is 0.353. The Bertz CT molecular complexity index is 774. The molecule has 1 saturated heterocycles. The van der Waals surface area contributed by atoms with Gasteiger partial charge < -0.3 is 20.7 Å². The highest BCUT2D eigenvalue weighted by atomic mass is 32.1. The van der Waals surface area contributed by atoms with Crippen LogP contribution in [0.25, 0.3) is 0 Å². The number of rotatable bonds is 5. The number of aromatic nitrogens is 1. The predicted octanol–water partition coefficient (Wildman–Crippen LogP) is 1.36. The van der Waals surface area contributed by atoms with E-state index in [1.807, 2.05) is 24.3 Å². The Hall–Kier alpha value is -2.61. The molecule has 3 N–H and O–H groups in total. The average molecular weight is 360 g/mol. The quantitative estimate of drug-likeness (QED) is 0.839. The first-order valence-corrected chi connectivity index (χ1v) is 8.77. The van der Waals surface area contributed by atoms with E-state index >= 15 is 0 Å². The highest BCUT2D eigenvalue weighted by Crippen LogP contribution is 2.33. The van der Waals surface area contributed by atoms with E-state index in [1.165, 1.54) is 18.3 Å². The molecule has 0 saturated carbocycles. The number of nitrogens with zero attached hydrogens (tertiary/aromatic N) is 2. The van der Waals surface area contributed by atoms with Crippen molar-refractivity contribution in [1.82, 2.24) is 10.3 Å². The standard InChI is InChI=1S/C17H20N4O3S/c1-10(22)19-14-8-21(17-20-15(9-25-17)16(18)23)7-13(14)11-3-5-12(24-2)6-4-11/h3-6,9,13-14H,7-8H2,1-2H3,(H2,18,23)(H,19,22). The van der Waals surface area contributed by atoms with Crippen LogP contribution in [0, 0.1) is 0 Å². The van der Waals surface area contributed by atoms with Gasteiger partial charge in [0.25, 0.3) is 5.91 Å². The number of hydrogen-bond donors (Lipinski definition) is 2. The summed E-state index contributed by atoms with van der Waals surface area (Å²) in [7, 11) is 1.63. The minimum Gasteiger partial charge on any atom is -0.497 e. The van der Waals surface area contributed by atoms with Crippen molar-refractivity contribution in [2.45, 2.75) is 18.9 Å². The van der Waals surface area contributed by atoms with E-state index in [9.17, 15) is 9.59 Å². The summed E-state index contributed by atoms with van der Waals surface area (Å²) in [4.78, 5) is 29.2. The van der Waals surface area contributed by atoms with Gasteiger partial charge in [-0.25, -0.2) is 4.98 Å². The van der Waals surface area contributed by atoms with E-state index in [0.717, 1.165) is 16.4 Å². The second kappa shape index (κ2) is 7.10. The Labute approximate surface area is 149 Å². The van der Waals surface area contributed by atoms with Crippen LogP contribution in [0.15, 0.2) is 29.6 Å². The molecule has 2 aromatic rings. The van der Waals surface area contributed by atoms with E-state index in [2.05, 4.69) is 15.2 Å². The van der Waals surface area contributed by atoms with Crippen LogP contribution in [-0.4, -0.2) is 43.0 Å². The summed E-state index contributed by atoms with van der Waals surface area (Å²) >= 11 is 1.38. The number of anilines is 1. The molecule has 0 radical (unpaired) electrons. The number of methoxy groups -OCH3 is 1. The molecule has 132 valence electrons. The fourth-order valence-electron chi connectivity index (χ4n) is 3.08. The Morgan fingerprint density at radius 2 is 2.04 bits per heavy atom. The third-order valence-electron chi connectivity index (χ3n) is 4.27. The first kappa shape index (κ1) is 17.2. The summed E-state index contributed by atoms with van der Waals surface area (Å²) in [5, 5.41) is 5.42. The lowest BCUT2D eigenvalue weighted by Gasteiger charge is -2.19. The smallest absolute Gasteiger partial charge is 0.268 e. The molecule has 2 amide bonds. The molecular formula is C17H20N4O3S. The molecule has 1 aromatic heterocycles. The summed E-state index contributed by atoms with van der Waals surface area (Å²) in [6.07, 6.45) is 0. The van der Waals surface area contributed by atoms with E-state index in [1.54, 1.807) is 12.5 Å². The Balaban J connectivity index is 1.84. The third-order valence-corrected chi connectivity index (χ3v) is 5.17. The lowest BCUT2D eigenvalue weighted by molar-refractivity contribution is -0.119. The maximum Gasteiger partial charge on any atom is 0.268 e. The molecule has 2 heterocycles. The topological polar surface area (TPSA) is 97.5 Å². The minimum atomic E-state index is -0.535. The molecule has 2 atom stereocenters. The van der Waals surface area contributed by atoms with Crippen molar-refractivity contribution in [3.05, 3.63) is 40.9 Å². The van der Waals surface area contributed by atoms with Crippen molar-refractivity contribution in [3.63, 3.8) is 0 Å². The van der Waals surface area contributed by atoms with Gasteiger partial charge in [-0.2, -0.15) is 0 Å². The monoisotopic (exact) mass is 360 g/mol. The van der Waals surface area contributed by atoms with Crippen LogP contribution < -0.4 is 20.7 Å². The molecule has 25 heavy (non-hydrogen) atoms. The van der Waals surface area contributed by atoms with Gasteiger partial charge in [-0.15, -0.1) is 11.3 Å². The molecule has 3 rings (SSSR count). The molecule has 1 aliphatic heterocycles. The van der Waals surface area contributed by atoms with Gasteiger partial charge in [0.15, 0.2) is 5.13 Å². The van der Waals surface area contributed by atoms with E-state index in [4.69, 9.17) is 10.5 Å². The van der Waals surface area contributed by atoms with Crippen LogP contribution in [0.1, 0.15) is 28.9 Å². The highest BCUT2D eigenvalue weighted by Gasteiger charge is 2.35. The lowest BCUT2D eigenvalue weighted by Crippen LogP contribution is -2.38. The second-order valence-electron chi connectivity index (χ2n) is 5.97. The zero-order valence-corrected chi connectivity index (χ0v) is 14.9. The van der Waals surface area contributed by atoms with Gasteiger partial charge in [-0.05, 0) is 17.7 Å². The normalized spacial score (nSPS) is 19.7. The molecule has 0 spiro atoms. The molecule has 0 bridgehead atoms. The van der Waals surface area contributed by atoms with Crippen LogP contribution >= 0.6 is 11.3 Å². The summed E-state index contributed by atoms with van der Waals surface area (Å²) in [6.45, 7) is 2.84. The number of carbonyl (C=O) groups is 2. The van der Waals surface area contributed by atoms with Crippen molar-refractivity contribution in [1.29, 1.82) is 0 Å². The number of nitrogens with one attached hydrogen (secondary N) is 1. The number of hydrogen-bond acceptors (Lipinski definition) is 6. The van der Waals surface area contributed by atoms with Crippen molar-refractivity contribution in [2.24, 2.45) is 5.73 Å². The number of carbonyl (C=O) groups excluding carboxylic acids is 2. The number of ether oxygens (including phenoxy) is 1. The van der Waals surface area contributed by atoms with Crippen molar-refractivity contribution in [2.75, 3.05) is 25.1 Å². The Kier molecular flexibility index (Phi) is 4.89. The predicted molar refractivity (Wildman–Crippen MR) is 96.2 cm³/mol. The van der Waals surface area contributed by atoms with E-state index < -0.39 is 5.91 Å². The summed E-state index contributed by atoms with van der Waals surface area (Å²) < 4.78 is 5.21. The number of thiazole rings is 1. The number of amides is 2. The van der Waals surface area contributed by atoms with Crippen molar-refractivity contribution in [3.8, 4) is 5.75 Å². The molecule has 2 unspecified atom stereocenters. The summed E-state index contributed by atoms with van der Waals surface area (Å²) in [5.41, 5.74) is 6.67. The first-order chi connectivity index (χ1) is 12.0. The van der Waals surface area contributed by atoms with Gasteiger partial charge in [-0.3, -0.25) is 9.59 Å². The molecule has 8 heteroatoms. The van der Waals surface area contributed by atoms with Gasteiger partial charge in [-0.1, -0.05) is 12.1 Å². The van der Waals surface area contributed by atoms with E-state index in [0.29, 0.717) is 13.1 Å². The largest absolute Gasteiger partial charge is 0.497 e. The minimum absolute atomic E-state index is 0.0353. The zero-order valence-electron chi connectivity index (χ0n) is 14.1. The number of primary amides is 1. The number of nitrogens with two attached hydrogens (primary N) is 1. The van der Waals surface area contributed by atoms with Crippen molar-refractivity contribution >= 4 is 28.3 Å². The van der Waals surface area contributed by atoms with Crippen LogP contribution in [0.5, 0.6) is 5.75 Å². The molecule has 1 aliphatic rings. The van der Waals surface area contributed by atoms with Gasteiger partial charge in [0, 0.05) is 31.3 Å². The average Bonchev–Trinajstić information content (AvgIpc) is 3.21. The summed E-state index contributed by atoms with van der Waals surface area (Å²) in [6, 6.07) is 7.82. The molecule has 1 fully saturated rings. The van der Waals surface area contributed by atoms with Crippen molar-refractivity contribution < 1.29 is 14.3 Å². The lowest BCUT2D eigenvalue weighted by atomic mass is 9.94. The van der Waals surface area contributed by atoms with Gasteiger partial charge >= 0.3 is 0 Å². The summed E-state index contributed by atoms with van der Waals surface area (Å²) in [5.74, 6) is 0.311. The molecular weight excluding hydrogens is 340 g/mol. The van der Waals surface area contributed by atoms with Gasteiger partial charge in [0.1, 0.15) is 11.4 Å². The van der Waals surface area contributed by atoms with Crippen LogP contribution in [-0.2, 0) is 4.79 Å². The fourth-order valence-corrected chi connectivity index (χ4v) is 3.91. The Morgan fingerprint density at radius 1 is 1.32 bits per heavy atom. The van der Waals surface area contributed by atoms with Crippen LogP contribution in [0.3, 0.4) is 0 Å². The van der Waals surface area contributed by atoms with Gasteiger partial charge in [0.2, 0.25) is 5.91 Å².